The zero-order valence-corrected chi connectivity index (χ0v) is 26.4. The van der Waals surface area contributed by atoms with E-state index < -0.39 is 28.3 Å². The van der Waals surface area contributed by atoms with Crippen LogP contribution in [0.2, 0.25) is 0 Å². The van der Waals surface area contributed by atoms with E-state index in [2.05, 4.69) is 15.3 Å². The third-order valence-corrected chi connectivity index (χ3v) is 9.12. The first-order chi connectivity index (χ1) is 20.9. The first kappa shape index (κ1) is 32.9. The number of aryl methyl sites for hydroxylation is 2. The minimum Gasteiger partial charge on any atom is -0.489 e. The summed E-state index contributed by atoms with van der Waals surface area (Å²) in [6.07, 6.45) is 6.73. The number of carbonyl (C=O) groups is 1. The number of ether oxygens (including phenoxy) is 2. The lowest BCUT2D eigenvalue weighted by molar-refractivity contribution is 0.0845. The fourth-order valence-electron chi connectivity index (χ4n) is 5.08. The molecule has 2 heterocycles. The van der Waals surface area contributed by atoms with Gasteiger partial charge < -0.3 is 25.6 Å². The molecule has 11 nitrogen and oxygen atoms in total. The zero-order chi connectivity index (χ0) is 31.9. The van der Waals surface area contributed by atoms with Gasteiger partial charge in [-0.15, -0.1) is 0 Å². The van der Waals surface area contributed by atoms with E-state index in [4.69, 9.17) is 15.2 Å². The van der Waals surface area contributed by atoms with Crippen molar-refractivity contribution in [1.29, 1.82) is 0 Å². The molecule has 1 amide bonds. The number of hydrogen-bond donors (Lipinski definition) is 3. The number of aliphatic imine (C=N–C) groups is 1. The molecule has 2 aliphatic rings. The number of nitrogens with one attached hydrogen (secondary N) is 1. The summed E-state index contributed by atoms with van der Waals surface area (Å²) in [4.78, 5) is 21.4. The molecule has 1 aromatic carbocycles. The Morgan fingerprint density at radius 1 is 1.09 bits per heavy atom. The van der Waals surface area contributed by atoms with Crippen LogP contribution < -0.4 is 15.8 Å². The molecule has 1 aliphatic heterocycles. The average molecular weight is 624 g/mol. The fraction of sp³-hybridized carbons (Fsp3) is 0.406. The fourth-order valence-corrected chi connectivity index (χ4v) is 6.82. The molecular weight excluding hydrogens is 582 g/mol. The monoisotopic (exact) mass is 623 g/mol. The smallest absolute Gasteiger partial charge is 0.407 e. The van der Waals surface area contributed by atoms with E-state index in [0.717, 1.165) is 22.3 Å². The molecule has 1 aliphatic carbocycles. The predicted octanol–water partition coefficient (Wildman–Crippen LogP) is 3.53. The Kier molecular flexibility index (Phi) is 11.0. The van der Waals surface area contributed by atoms with Crippen molar-refractivity contribution in [3.8, 4) is 5.75 Å². The Morgan fingerprint density at radius 3 is 2.48 bits per heavy atom. The number of nitrogens with zero attached hydrogens (tertiary/aromatic N) is 3. The van der Waals surface area contributed by atoms with Gasteiger partial charge in [0.05, 0.1) is 22.8 Å². The molecule has 236 valence electrons. The number of fused-ring (bicyclic) bond motifs is 1. The molecule has 0 radical (unpaired) electrons. The van der Waals surface area contributed by atoms with Crippen LogP contribution in [0.15, 0.2) is 82.2 Å². The van der Waals surface area contributed by atoms with E-state index in [0.29, 0.717) is 17.3 Å². The second-order valence-corrected chi connectivity index (χ2v) is 13.4. The molecule has 0 bridgehead atoms. The van der Waals surface area contributed by atoms with Gasteiger partial charge in [-0.25, -0.2) is 18.2 Å². The van der Waals surface area contributed by atoms with E-state index in [1.807, 2.05) is 58.0 Å². The van der Waals surface area contributed by atoms with Gasteiger partial charge in [0.15, 0.2) is 0 Å². The number of pyridine rings is 1. The summed E-state index contributed by atoms with van der Waals surface area (Å²) in [5.41, 5.74) is 9.81. The summed E-state index contributed by atoms with van der Waals surface area (Å²) in [7, 11) is -3.98. The van der Waals surface area contributed by atoms with Crippen molar-refractivity contribution in [2.75, 3.05) is 26.3 Å². The summed E-state index contributed by atoms with van der Waals surface area (Å²) in [5.74, 6) is 1.00. The SMILES string of the molecule is Cc1cncc(C)c1OCCOC(=O)NC(Cc1ccccc1)C(O)CN(CC(C)C)S(=O)(=O)C1=CC=C2C=C(N)N=C2C1. The second kappa shape index (κ2) is 14.7. The van der Waals surface area contributed by atoms with E-state index in [9.17, 15) is 18.3 Å². The number of aliphatic hydroxyl groups excluding tert-OH is 1. The lowest BCUT2D eigenvalue weighted by atomic mass is 10.0. The minimum atomic E-state index is -3.98. The summed E-state index contributed by atoms with van der Waals surface area (Å²) in [6.45, 7) is 7.62. The number of alkyl carbamates (subject to hydrolysis) is 1. The predicted molar refractivity (Wildman–Crippen MR) is 169 cm³/mol. The number of allylic oxidation sites excluding steroid dienone is 5. The Balaban J connectivity index is 1.45. The normalized spacial score (nSPS) is 16.0. The number of nitrogens with two attached hydrogens (primary N) is 1. The van der Waals surface area contributed by atoms with Crippen LogP contribution in [-0.4, -0.2) is 73.1 Å². The third-order valence-electron chi connectivity index (χ3n) is 7.20. The van der Waals surface area contributed by atoms with Crippen molar-refractivity contribution in [1.82, 2.24) is 14.6 Å². The molecule has 2 atom stereocenters. The van der Waals surface area contributed by atoms with Crippen LogP contribution in [0.1, 0.15) is 37.0 Å². The van der Waals surface area contributed by atoms with Crippen molar-refractivity contribution in [3.63, 3.8) is 0 Å². The van der Waals surface area contributed by atoms with Crippen molar-refractivity contribution in [2.45, 2.75) is 52.7 Å². The van der Waals surface area contributed by atoms with Gasteiger partial charge >= 0.3 is 6.09 Å². The van der Waals surface area contributed by atoms with Crippen molar-refractivity contribution in [3.05, 3.63) is 93.9 Å². The second-order valence-electron chi connectivity index (χ2n) is 11.4. The van der Waals surface area contributed by atoms with Gasteiger partial charge in [-0.1, -0.05) is 50.3 Å². The Morgan fingerprint density at radius 2 is 1.80 bits per heavy atom. The molecule has 0 spiro atoms. The maximum absolute atomic E-state index is 13.9. The summed E-state index contributed by atoms with van der Waals surface area (Å²) in [5, 5.41) is 14.2. The highest BCUT2D eigenvalue weighted by Gasteiger charge is 2.34. The van der Waals surface area contributed by atoms with Crippen molar-refractivity contribution >= 4 is 21.8 Å². The molecule has 1 aromatic heterocycles. The van der Waals surface area contributed by atoms with E-state index in [-0.39, 0.29) is 50.0 Å². The number of aliphatic hydroxyl groups is 1. The molecule has 4 rings (SSSR count). The average Bonchev–Trinajstić information content (AvgIpc) is 3.35. The Bertz CT molecular complexity index is 1550. The van der Waals surface area contributed by atoms with Crippen LogP contribution in [-0.2, 0) is 21.2 Å². The number of amides is 1. The molecule has 0 saturated heterocycles. The number of hydrogen-bond acceptors (Lipinski definition) is 9. The maximum Gasteiger partial charge on any atom is 0.407 e. The van der Waals surface area contributed by atoms with Crippen LogP contribution in [0.4, 0.5) is 4.79 Å². The molecule has 12 heteroatoms. The van der Waals surface area contributed by atoms with Gasteiger partial charge in [0.2, 0.25) is 10.0 Å². The first-order valence-corrected chi connectivity index (χ1v) is 16.0. The van der Waals surface area contributed by atoms with Crippen LogP contribution in [0.5, 0.6) is 5.75 Å². The molecule has 0 fully saturated rings. The largest absolute Gasteiger partial charge is 0.489 e. The van der Waals surface area contributed by atoms with Crippen LogP contribution >= 0.6 is 0 Å². The molecule has 44 heavy (non-hydrogen) atoms. The molecular formula is C32H41N5O6S. The number of aromatic nitrogens is 1. The molecule has 0 saturated carbocycles. The van der Waals surface area contributed by atoms with Crippen LogP contribution in [0.3, 0.4) is 0 Å². The lowest BCUT2D eigenvalue weighted by Gasteiger charge is -2.31. The highest BCUT2D eigenvalue weighted by atomic mass is 32.2. The first-order valence-electron chi connectivity index (χ1n) is 14.6. The Labute approximate surface area is 259 Å². The van der Waals surface area contributed by atoms with E-state index >= 15 is 0 Å². The minimum absolute atomic E-state index is 0.0217. The third kappa shape index (κ3) is 8.55. The van der Waals surface area contributed by atoms with Crippen molar-refractivity contribution < 1.29 is 27.8 Å². The van der Waals surface area contributed by atoms with Crippen LogP contribution in [0, 0.1) is 19.8 Å². The highest BCUT2D eigenvalue weighted by Crippen LogP contribution is 2.29. The maximum atomic E-state index is 13.9. The quantitative estimate of drug-likeness (QED) is 0.270. The van der Waals surface area contributed by atoms with Crippen molar-refractivity contribution in [2.24, 2.45) is 16.6 Å². The van der Waals surface area contributed by atoms with Gasteiger partial charge in [0, 0.05) is 48.6 Å². The highest BCUT2D eigenvalue weighted by molar-refractivity contribution is 7.93. The van der Waals surface area contributed by atoms with Crippen LogP contribution in [0.25, 0.3) is 0 Å². The van der Waals surface area contributed by atoms with Gasteiger partial charge in [-0.2, -0.15) is 4.31 Å². The topological polar surface area (TPSA) is 156 Å². The molecule has 2 aromatic rings. The zero-order valence-electron chi connectivity index (χ0n) is 25.6. The van der Waals surface area contributed by atoms with E-state index in [1.54, 1.807) is 30.6 Å². The van der Waals surface area contributed by atoms with Gasteiger partial charge in [0.1, 0.15) is 24.8 Å². The standard InChI is InChI=1S/C32H41N5O6S/c1-21(2)19-37(44(40,41)26-11-10-25-15-30(33)35-27(25)16-26)20-29(38)28(14-24-8-6-5-7-9-24)36-32(39)43-13-12-42-31-22(3)17-34-18-23(31)4/h5-11,15,17-18,21,28-29,38H,12-14,16,19-20,33H2,1-4H3,(H,36,39). The van der Waals surface area contributed by atoms with Gasteiger partial charge in [-0.05, 0) is 43.9 Å². The number of sulfonamides is 1. The number of rotatable bonds is 14. The summed E-state index contributed by atoms with van der Waals surface area (Å²) in [6, 6.07) is 8.50. The summed E-state index contributed by atoms with van der Waals surface area (Å²) < 4.78 is 40.1. The van der Waals surface area contributed by atoms with Gasteiger partial charge in [0.25, 0.3) is 0 Å². The summed E-state index contributed by atoms with van der Waals surface area (Å²) >= 11 is 0. The lowest BCUT2D eigenvalue weighted by Crippen LogP contribution is -2.51. The number of benzene rings is 1. The van der Waals surface area contributed by atoms with E-state index in [1.165, 1.54) is 4.31 Å². The number of carbonyl (C=O) groups excluding carboxylic acids is 1. The molecule has 2 unspecified atom stereocenters. The molecule has 4 N–H and O–H groups in total. The Hall–Kier alpha value is -4.00. The van der Waals surface area contributed by atoms with Gasteiger partial charge in [-0.3, -0.25) is 4.98 Å².